The number of nitrogens with zero attached hydrogens (tertiary/aromatic N) is 2. The Balaban J connectivity index is 1.54. The maximum atomic E-state index is 13.9. The second kappa shape index (κ2) is 7.15. The van der Waals surface area contributed by atoms with Gasteiger partial charge in [0.15, 0.2) is 0 Å². The summed E-state index contributed by atoms with van der Waals surface area (Å²) >= 11 is 5.78. The van der Waals surface area contributed by atoms with Crippen LogP contribution >= 0.6 is 11.6 Å². The minimum absolute atomic E-state index is 0.107. The lowest BCUT2D eigenvalue weighted by Crippen LogP contribution is -2.53. The van der Waals surface area contributed by atoms with E-state index in [1.54, 1.807) is 18.2 Å². The number of aromatic nitrogens is 1. The molecular formula is C18H19ClFN3O2. The SMILES string of the molecule is Fc1cc(Cl)ccc1COc1ccc2c(n1)N1CCNC[C@H]1COC2. The van der Waals surface area contributed by atoms with Crippen LogP contribution in [0.2, 0.25) is 5.02 Å². The number of rotatable bonds is 3. The summed E-state index contributed by atoms with van der Waals surface area (Å²) in [5.41, 5.74) is 1.50. The largest absolute Gasteiger partial charge is 0.473 e. The maximum absolute atomic E-state index is 13.9. The minimum Gasteiger partial charge on any atom is -0.473 e. The zero-order valence-electron chi connectivity index (χ0n) is 13.7. The second-order valence-corrected chi connectivity index (χ2v) is 6.66. The van der Waals surface area contributed by atoms with Crippen molar-refractivity contribution in [1.29, 1.82) is 0 Å². The van der Waals surface area contributed by atoms with Gasteiger partial charge in [-0.3, -0.25) is 0 Å². The summed E-state index contributed by atoms with van der Waals surface area (Å²) < 4.78 is 25.4. The van der Waals surface area contributed by atoms with Crippen molar-refractivity contribution >= 4 is 17.4 Å². The number of ether oxygens (including phenoxy) is 2. The van der Waals surface area contributed by atoms with Gasteiger partial charge in [0.2, 0.25) is 5.88 Å². The molecule has 0 spiro atoms. The van der Waals surface area contributed by atoms with Crippen molar-refractivity contribution in [2.45, 2.75) is 19.3 Å². The van der Waals surface area contributed by atoms with Gasteiger partial charge in [-0.1, -0.05) is 17.7 Å². The van der Waals surface area contributed by atoms with Crippen molar-refractivity contribution in [3.63, 3.8) is 0 Å². The Bertz CT molecular complexity index is 774. The van der Waals surface area contributed by atoms with E-state index in [0.717, 1.165) is 31.0 Å². The first-order valence-electron chi connectivity index (χ1n) is 8.32. The molecule has 25 heavy (non-hydrogen) atoms. The van der Waals surface area contributed by atoms with Crippen LogP contribution in [0, 0.1) is 5.82 Å². The summed E-state index contributed by atoms with van der Waals surface area (Å²) in [5, 5.41) is 3.75. The fraction of sp³-hybridized carbons (Fsp3) is 0.389. The maximum Gasteiger partial charge on any atom is 0.215 e. The average Bonchev–Trinajstić information content (AvgIpc) is 2.80. The Labute approximate surface area is 150 Å². The molecule has 0 bridgehead atoms. The number of piperazine rings is 1. The van der Waals surface area contributed by atoms with Crippen molar-refractivity contribution in [1.82, 2.24) is 10.3 Å². The first-order chi connectivity index (χ1) is 12.2. The highest BCUT2D eigenvalue weighted by Crippen LogP contribution is 2.28. The molecule has 1 atom stereocenters. The van der Waals surface area contributed by atoms with Gasteiger partial charge in [0.05, 0.1) is 19.3 Å². The van der Waals surface area contributed by atoms with Crippen molar-refractivity contribution in [2.24, 2.45) is 0 Å². The van der Waals surface area contributed by atoms with E-state index in [9.17, 15) is 4.39 Å². The molecule has 1 fully saturated rings. The van der Waals surface area contributed by atoms with Crippen LogP contribution in [-0.4, -0.2) is 37.3 Å². The molecule has 2 aliphatic heterocycles. The Hall–Kier alpha value is -1.89. The minimum atomic E-state index is -0.377. The van der Waals surface area contributed by atoms with Gasteiger partial charge in [0.25, 0.3) is 0 Å². The molecule has 2 aromatic rings. The molecule has 0 amide bonds. The topological polar surface area (TPSA) is 46.6 Å². The number of benzene rings is 1. The van der Waals surface area contributed by atoms with E-state index in [1.807, 2.05) is 6.07 Å². The van der Waals surface area contributed by atoms with E-state index in [2.05, 4.69) is 15.2 Å². The van der Waals surface area contributed by atoms with Crippen molar-refractivity contribution in [2.75, 3.05) is 31.1 Å². The zero-order chi connectivity index (χ0) is 17.2. The Morgan fingerprint density at radius 3 is 3.16 bits per heavy atom. The van der Waals surface area contributed by atoms with E-state index in [-0.39, 0.29) is 18.5 Å². The van der Waals surface area contributed by atoms with Crippen LogP contribution in [0.3, 0.4) is 0 Å². The highest BCUT2D eigenvalue weighted by molar-refractivity contribution is 6.30. The highest BCUT2D eigenvalue weighted by atomic mass is 35.5. The molecule has 0 unspecified atom stereocenters. The number of pyridine rings is 1. The molecule has 0 radical (unpaired) electrons. The number of nitrogens with one attached hydrogen (secondary N) is 1. The fourth-order valence-electron chi connectivity index (χ4n) is 3.19. The van der Waals surface area contributed by atoms with Gasteiger partial charge in [0.1, 0.15) is 18.2 Å². The van der Waals surface area contributed by atoms with Gasteiger partial charge in [-0.15, -0.1) is 0 Å². The smallest absolute Gasteiger partial charge is 0.215 e. The third-order valence-corrected chi connectivity index (χ3v) is 4.75. The van der Waals surface area contributed by atoms with Gasteiger partial charge in [0, 0.05) is 41.9 Å². The normalized spacial score (nSPS) is 19.8. The summed E-state index contributed by atoms with van der Waals surface area (Å²) in [4.78, 5) is 6.94. The Morgan fingerprint density at radius 1 is 1.36 bits per heavy atom. The van der Waals surface area contributed by atoms with Crippen LogP contribution in [0.4, 0.5) is 10.2 Å². The summed E-state index contributed by atoms with van der Waals surface area (Å²) in [6.45, 7) is 4.00. The molecule has 0 saturated carbocycles. The van der Waals surface area contributed by atoms with E-state index in [4.69, 9.17) is 21.1 Å². The standard InChI is InChI=1S/C18H19ClFN3O2/c19-14-3-1-12(16(20)7-14)10-25-17-4-2-13-9-24-11-15-8-21-5-6-23(15)18(13)22-17/h1-4,7,15,21H,5-6,8-11H2/t15-/m0/s1. The third-order valence-electron chi connectivity index (χ3n) is 4.51. The first kappa shape index (κ1) is 16.6. The van der Waals surface area contributed by atoms with Crippen LogP contribution in [0.5, 0.6) is 5.88 Å². The molecule has 1 N–H and O–H groups in total. The van der Waals surface area contributed by atoms with Crippen molar-refractivity contribution in [3.05, 3.63) is 52.3 Å². The average molecular weight is 364 g/mol. The molecule has 1 aromatic heterocycles. The number of fused-ring (bicyclic) bond motifs is 3. The molecule has 5 nitrogen and oxygen atoms in total. The summed E-state index contributed by atoms with van der Waals surface area (Å²) in [5.74, 6) is 1.00. The van der Waals surface area contributed by atoms with E-state index >= 15 is 0 Å². The van der Waals surface area contributed by atoms with Gasteiger partial charge in [-0.25, -0.2) is 4.39 Å². The van der Waals surface area contributed by atoms with Crippen molar-refractivity contribution in [3.8, 4) is 5.88 Å². The Kier molecular flexibility index (Phi) is 4.74. The van der Waals surface area contributed by atoms with E-state index in [0.29, 0.717) is 29.7 Å². The number of halogens is 2. The zero-order valence-corrected chi connectivity index (χ0v) is 14.4. The lowest BCUT2D eigenvalue weighted by molar-refractivity contribution is 0.109. The third kappa shape index (κ3) is 3.56. The predicted octanol–water partition coefficient (Wildman–Crippen LogP) is 2.76. The molecule has 0 aliphatic carbocycles. The summed E-state index contributed by atoms with van der Waals surface area (Å²) in [7, 11) is 0. The lowest BCUT2D eigenvalue weighted by Gasteiger charge is -2.35. The van der Waals surface area contributed by atoms with E-state index < -0.39 is 0 Å². The van der Waals surface area contributed by atoms with Crippen LogP contribution in [0.15, 0.2) is 30.3 Å². The molecule has 1 aromatic carbocycles. The van der Waals surface area contributed by atoms with Crippen LogP contribution < -0.4 is 15.0 Å². The molecule has 1 saturated heterocycles. The lowest BCUT2D eigenvalue weighted by atomic mass is 10.2. The molecule has 2 aliphatic rings. The van der Waals surface area contributed by atoms with Crippen LogP contribution in [-0.2, 0) is 18.0 Å². The van der Waals surface area contributed by atoms with Gasteiger partial charge >= 0.3 is 0 Å². The highest BCUT2D eigenvalue weighted by Gasteiger charge is 2.28. The molecule has 132 valence electrons. The first-order valence-corrected chi connectivity index (χ1v) is 8.70. The van der Waals surface area contributed by atoms with Crippen molar-refractivity contribution < 1.29 is 13.9 Å². The van der Waals surface area contributed by atoms with Gasteiger partial charge < -0.3 is 19.7 Å². The van der Waals surface area contributed by atoms with Crippen LogP contribution in [0.1, 0.15) is 11.1 Å². The summed E-state index contributed by atoms with van der Waals surface area (Å²) in [6.07, 6.45) is 0. The molecule has 3 heterocycles. The number of hydrogen-bond acceptors (Lipinski definition) is 5. The number of hydrogen-bond donors (Lipinski definition) is 1. The molecule has 7 heteroatoms. The van der Waals surface area contributed by atoms with Gasteiger partial charge in [-0.2, -0.15) is 4.98 Å². The van der Waals surface area contributed by atoms with E-state index in [1.165, 1.54) is 6.07 Å². The quantitative estimate of drug-likeness (QED) is 0.908. The fourth-order valence-corrected chi connectivity index (χ4v) is 3.34. The van der Waals surface area contributed by atoms with Crippen LogP contribution in [0.25, 0.3) is 0 Å². The Morgan fingerprint density at radius 2 is 2.28 bits per heavy atom. The summed E-state index contributed by atoms with van der Waals surface area (Å²) in [6, 6.07) is 8.61. The van der Waals surface area contributed by atoms with Gasteiger partial charge in [-0.05, 0) is 18.2 Å². The number of anilines is 1. The second-order valence-electron chi connectivity index (χ2n) is 6.22. The molecular weight excluding hydrogens is 345 g/mol. The predicted molar refractivity (Wildman–Crippen MR) is 93.6 cm³/mol. The monoisotopic (exact) mass is 363 g/mol. The molecule has 4 rings (SSSR count).